The van der Waals surface area contributed by atoms with Crippen LogP contribution in [-0.4, -0.2) is 58.1 Å². The first-order chi connectivity index (χ1) is 11.5. The molecular formula is C16H19N3O4S. The van der Waals surface area contributed by atoms with Gasteiger partial charge in [0.05, 0.1) is 6.54 Å². The Labute approximate surface area is 143 Å². The summed E-state index contributed by atoms with van der Waals surface area (Å²) < 4.78 is 0. The molecule has 0 N–H and O–H groups in total. The largest absolute Gasteiger partial charge is 0.339 e. The minimum atomic E-state index is -0.898. The lowest BCUT2D eigenvalue weighted by atomic mass is 10.2. The van der Waals surface area contributed by atoms with Gasteiger partial charge in [0, 0.05) is 18.0 Å². The molecule has 2 heterocycles. The number of carbonyl (C=O) groups excluding carboxylic acids is 4. The predicted molar refractivity (Wildman–Crippen MR) is 87.0 cm³/mol. The number of likely N-dealkylation sites (N-methyl/N-ethyl adjacent to an activating group) is 1. The van der Waals surface area contributed by atoms with Crippen molar-refractivity contribution in [2.45, 2.75) is 38.3 Å². The Balaban J connectivity index is 1.65. The summed E-state index contributed by atoms with van der Waals surface area (Å²) in [7, 11) is 1.61. The molecule has 1 saturated carbocycles. The maximum absolute atomic E-state index is 12.4. The molecular weight excluding hydrogens is 330 g/mol. The highest BCUT2D eigenvalue weighted by Gasteiger charge is 2.48. The monoisotopic (exact) mass is 349 g/mol. The highest BCUT2D eigenvalue weighted by molar-refractivity contribution is 7.09. The van der Waals surface area contributed by atoms with Gasteiger partial charge >= 0.3 is 17.8 Å². The highest BCUT2D eigenvalue weighted by atomic mass is 32.1. The molecule has 1 aliphatic carbocycles. The molecule has 5 amide bonds. The van der Waals surface area contributed by atoms with Crippen LogP contribution in [0.15, 0.2) is 17.5 Å². The summed E-state index contributed by atoms with van der Waals surface area (Å²) >= 11 is 1.53. The third-order valence-electron chi connectivity index (χ3n) is 4.47. The highest BCUT2D eigenvalue weighted by Crippen LogP contribution is 2.27. The van der Waals surface area contributed by atoms with E-state index in [1.54, 1.807) is 7.05 Å². The van der Waals surface area contributed by atoms with Crippen LogP contribution in [0.3, 0.4) is 0 Å². The smallest absolute Gasteiger partial charge is 0.334 e. The Morgan fingerprint density at radius 3 is 2.58 bits per heavy atom. The van der Waals surface area contributed by atoms with E-state index in [2.05, 4.69) is 0 Å². The van der Waals surface area contributed by atoms with E-state index in [-0.39, 0.29) is 11.9 Å². The first-order valence-corrected chi connectivity index (χ1v) is 8.82. The molecule has 128 valence electrons. The standard InChI is InChI=1S/C16H19N3O4S/c1-17(9-12-7-4-8-24-12)13(20)10-18-14(21)15(22)19(16(18)23)11-5-2-3-6-11/h4,7-8,11H,2-3,5-6,9-10H2,1H3. The number of thiophene rings is 1. The van der Waals surface area contributed by atoms with Crippen molar-refractivity contribution in [2.24, 2.45) is 0 Å². The van der Waals surface area contributed by atoms with Gasteiger partial charge in [-0.1, -0.05) is 18.9 Å². The van der Waals surface area contributed by atoms with Crippen molar-refractivity contribution in [1.82, 2.24) is 14.7 Å². The summed E-state index contributed by atoms with van der Waals surface area (Å²) in [6, 6.07) is 2.93. The average Bonchev–Trinajstić information content (AvgIpc) is 3.28. The van der Waals surface area contributed by atoms with Gasteiger partial charge in [0.1, 0.15) is 6.54 Å². The van der Waals surface area contributed by atoms with Crippen LogP contribution in [0.5, 0.6) is 0 Å². The summed E-state index contributed by atoms with van der Waals surface area (Å²) in [4.78, 5) is 53.2. The van der Waals surface area contributed by atoms with Crippen LogP contribution >= 0.6 is 11.3 Å². The van der Waals surface area contributed by atoms with Crippen molar-refractivity contribution in [3.8, 4) is 0 Å². The van der Waals surface area contributed by atoms with Crippen LogP contribution in [0, 0.1) is 0 Å². The number of hydrogen-bond acceptors (Lipinski definition) is 5. The van der Waals surface area contributed by atoms with E-state index in [0.717, 1.165) is 40.4 Å². The summed E-state index contributed by atoms with van der Waals surface area (Å²) in [5.74, 6) is -2.07. The zero-order valence-corrected chi connectivity index (χ0v) is 14.3. The number of hydrogen-bond donors (Lipinski definition) is 0. The Morgan fingerprint density at radius 1 is 1.25 bits per heavy atom. The first-order valence-electron chi connectivity index (χ1n) is 7.94. The Morgan fingerprint density at radius 2 is 1.96 bits per heavy atom. The number of amides is 5. The lowest BCUT2D eigenvalue weighted by molar-refractivity contribution is -0.145. The third kappa shape index (κ3) is 3.06. The van der Waals surface area contributed by atoms with E-state index < -0.39 is 24.4 Å². The second kappa shape index (κ2) is 6.72. The normalized spacial score (nSPS) is 18.8. The molecule has 1 aromatic heterocycles. The molecule has 1 aliphatic heterocycles. The Kier molecular flexibility index (Phi) is 4.66. The van der Waals surface area contributed by atoms with Gasteiger partial charge in [-0.2, -0.15) is 0 Å². The summed E-state index contributed by atoms with van der Waals surface area (Å²) in [5, 5.41) is 1.92. The minimum Gasteiger partial charge on any atom is -0.339 e. The second-order valence-corrected chi connectivity index (χ2v) is 7.15. The second-order valence-electron chi connectivity index (χ2n) is 6.12. The third-order valence-corrected chi connectivity index (χ3v) is 5.33. The van der Waals surface area contributed by atoms with Gasteiger partial charge < -0.3 is 4.90 Å². The predicted octanol–water partition coefficient (Wildman–Crippen LogP) is 1.44. The van der Waals surface area contributed by atoms with E-state index in [0.29, 0.717) is 6.54 Å². The Bertz CT molecular complexity index is 667. The van der Waals surface area contributed by atoms with E-state index in [1.165, 1.54) is 16.2 Å². The molecule has 3 rings (SSSR count). The van der Waals surface area contributed by atoms with Gasteiger partial charge in [0.25, 0.3) is 0 Å². The van der Waals surface area contributed by atoms with E-state index in [4.69, 9.17) is 0 Å². The van der Waals surface area contributed by atoms with Crippen molar-refractivity contribution in [3.05, 3.63) is 22.4 Å². The lowest BCUT2D eigenvalue weighted by Gasteiger charge is -2.22. The summed E-state index contributed by atoms with van der Waals surface area (Å²) in [5.41, 5.74) is 0. The lowest BCUT2D eigenvalue weighted by Crippen LogP contribution is -2.43. The molecule has 24 heavy (non-hydrogen) atoms. The molecule has 0 atom stereocenters. The van der Waals surface area contributed by atoms with Gasteiger partial charge in [-0.25, -0.2) is 9.69 Å². The van der Waals surface area contributed by atoms with Crippen molar-refractivity contribution >= 4 is 35.1 Å². The van der Waals surface area contributed by atoms with Gasteiger partial charge in [-0.05, 0) is 24.3 Å². The number of urea groups is 1. The topological polar surface area (TPSA) is 78.0 Å². The average molecular weight is 349 g/mol. The van der Waals surface area contributed by atoms with Gasteiger partial charge in [0.2, 0.25) is 5.91 Å². The zero-order valence-electron chi connectivity index (χ0n) is 13.4. The van der Waals surface area contributed by atoms with E-state index in [9.17, 15) is 19.2 Å². The zero-order chi connectivity index (χ0) is 17.3. The van der Waals surface area contributed by atoms with Crippen LogP contribution in [0.1, 0.15) is 30.6 Å². The van der Waals surface area contributed by atoms with E-state index >= 15 is 0 Å². The van der Waals surface area contributed by atoms with Crippen molar-refractivity contribution in [3.63, 3.8) is 0 Å². The van der Waals surface area contributed by atoms with Crippen LogP contribution in [0.4, 0.5) is 4.79 Å². The summed E-state index contributed by atoms with van der Waals surface area (Å²) in [6.45, 7) is 0.0154. The van der Waals surface area contributed by atoms with Gasteiger partial charge in [-0.3, -0.25) is 19.3 Å². The molecule has 0 aromatic carbocycles. The quantitative estimate of drug-likeness (QED) is 0.595. The molecule has 0 bridgehead atoms. The molecule has 0 radical (unpaired) electrons. The number of rotatable bonds is 5. The molecule has 8 heteroatoms. The van der Waals surface area contributed by atoms with Crippen molar-refractivity contribution < 1.29 is 19.2 Å². The van der Waals surface area contributed by atoms with Crippen LogP contribution in [0.25, 0.3) is 0 Å². The SMILES string of the molecule is CN(Cc1cccs1)C(=O)CN1C(=O)C(=O)N(C2CCCC2)C1=O. The Hall–Kier alpha value is -2.22. The van der Waals surface area contributed by atoms with Crippen molar-refractivity contribution in [1.29, 1.82) is 0 Å². The van der Waals surface area contributed by atoms with Crippen LogP contribution in [0.2, 0.25) is 0 Å². The molecule has 1 aromatic rings. The first kappa shape index (κ1) is 16.6. The minimum absolute atomic E-state index is 0.210. The fourth-order valence-corrected chi connectivity index (χ4v) is 3.88. The number of imide groups is 2. The molecule has 1 saturated heterocycles. The molecule has 2 fully saturated rings. The van der Waals surface area contributed by atoms with Crippen molar-refractivity contribution in [2.75, 3.05) is 13.6 Å². The maximum Gasteiger partial charge on any atom is 0.334 e. The van der Waals surface area contributed by atoms with E-state index in [1.807, 2.05) is 17.5 Å². The summed E-state index contributed by atoms with van der Waals surface area (Å²) in [6.07, 6.45) is 3.34. The molecule has 0 spiro atoms. The number of nitrogens with zero attached hydrogens (tertiary/aromatic N) is 3. The van der Waals surface area contributed by atoms with Crippen LogP contribution < -0.4 is 0 Å². The molecule has 2 aliphatic rings. The van der Waals surface area contributed by atoms with Gasteiger partial charge in [-0.15, -0.1) is 11.3 Å². The fourth-order valence-electron chi connectivity index (χ4n) is 3.13. The maximum atomic E-state index is 12.4. The fraction of sp³-hybridized carbons (Fsp3) is 0.500. The molecule has 7 nitrogen and oxygen atoms in total. The number of carbonyl (C=O) groups is 4. The molecule has 0 unspecified atom stereocenters. The van der Waals surface area contributed by atoms with Gasteiger partial charge in [0.15, 0.2) is 0 Å². The van der Waals surface area contributed by atoms with Crippen LogP contribution in [-0.2, 0) is 20.9 Å².